The van der Waals surface area contributed by atoms with Crippen molar-refractivity contribution < 1.29 is 19.4 Å². The van der Waals surface area contributed by atoms with Crippen LogP contribution in [-0.2, 0) is 16.1 Å². The number of aromatic nitrogens is 1. The number of amides is 1. The van der Waals surface area contributed by atoms with Crippen molar-refractivity contribution >= 4 is 11.6 Å². The van der Waals surface area contributed by atoms with E-state index < -0.39 is 6.29 Å². The number of carbonyl (C=O) groups excluding carboxylic acids is 1. The molecule has 2 aromatic carbocycles. The molecule has 2 heterocycles. The van der Waals surface area contributed by atoms with E-state index >= 15 is 0 Å². The summed E-state index contributed by atoms with van der Waals surface area (Å²) in [6.45, 7) is 5.32. The second kappa shape index (κ2) is 11.9. The summed E-state index contributed by atoms with van der Waals surface area (Å²) in [5.41, 5.74) is 3.85. The zero-order valence-electron chi connectivity index (χ0n) is 19.8. The van der Waals surface area contributed by atoms with Crippen LogP contribution in [0.25, 0.3) is 0 Å². The number of aliphatic hydroxyl groups excluding tert-OH is 1. The Kier molecular flexibility index (Phi) is 8.39. The fraction of sp³-hybridized carbons (Fsp3) is 0.286. The molecule has 2 N–H and O–H groups in total. The first-order valence-electron chi connectivity index (χ1n) is 11.7. The van der Waals surface area contributed by atoms with Crippen molar-refractivity contribution in [1.82, 2.24) is 9.88 Å². The molecule has 1 fully saturated rings. The maximum absolute atomic E-state index is 12.6. The highest BCUT2D eigenvalue weighted by Gasteiger charge is 2.32. The second-order valence-corrected chi connectivity index (χ2v) is 8.68. The molecule has 3 aromatic rings. The summed E-state index contributed by atoms with van der Waals surface area (Å²) >= 11 is 0. The number of hydrogen-bond acceptors (Lipinski definition) is 6. The molecule has 0 unspecified atom stereocenters. The van der Waals surface area contributed by atoms with Gasteiger partial charge in [-0.15, -0.1) is 6.58 Å². The van der Waals surface area contributed by atoms with Crippen molar-refractivity contribution in [2.45, 2.75) is 31.5 Å². The lowest BCUT2D eigenvalue weighted by Gasteiger charge is -2.37. The number of rotatable bonds is 9. The van der Waals surface area contributed by atoms with Crippen LogP contribution >= 0.6 is 0 Å². The fourth-order valence-electron chi connectivity index (χ4n) is 4.14. The number of benzene rings is 2. The molecule has 1 amide bonds. The van der Waals surface area contributed by atoms with Crippen LogP contribution < -0.4 is 5.32 Å². The predicted molar refractivity (Wildman–Crippen MR) is 135 cm³/mol. The van der Waals surface area contributed by atoms with Crippen LogP contribution in [-0.4, -0.2) is 47.1 Å². The van der Waals surface area contributed by atoms with E-state index in [1.807, 2.05) is 61.7 Å². The van der Waals surface area contributed by atoms with Gasteiger partial charge in [0.25, 0.3) is 5.91 Å². The first-order chi connectivity index (χ1) is 17.1. The highest BCUT2D eigenvalue weighted by molar-refractivity contribution is 6.04. The number of ether oxygens (including phenoxy) is 2. The number of anilines is 1. The van der Waals surface area contributed by atoms with Gasteiger partial charge in [0.2, 0.25) is 0 Å². The lowest BCUT2D eigenvalue weighted by molar-refractivity contribution is -0.252. The molecule has 0 saturated carbocycles. The van der Waals surface area contributed by atoms with Crippen molar-refractivity contribution in [1.29, 1.82) is 0 Å². The zero-order chi connectivity index (χ0) is 24.6. The average molecular weight is 474 g/mol. The number of hydrogen-bond donors (Lipinski definition) is 2. The lowest BCUT2D eigenvalue weighted by atomic mass is 9.99. The van der Waals surface area contributed by atoms with Gasteiger partial charge in [0.05, 0.1) is 24.4 Å². The third-order valence-corrected chi connectivity index (χ3v) is 5.91. The Morgan fingerprint density at radius 3 is 2.71 bits per heavy atom. The van der Waals surface area contributed by atoms with Gasteiger partial charge in [-0.1, -0.05) is 42.5 Å². The van der Waals surface area contributed by atoms with Crippen LogP contribution in [0.5, 0.6) is 0 Å². The van der Waals surface area contributed by atoms with E-state index in [0.29, 0.717) is 17.7 Å². The predicted octanol–water partition coefficient (Wildman–Crippen LogP) is 4.49. The van der Waals surface area contributed by atoms with Gasteiger partial charge in [0, 0.05) is 43.2 Å². The van der Waals surface area contributed by atoms with Gasteiger partial charge in [-0.05, 0) is 42.4 Å². The van der Waals surface area contributed by atoms with E-state index in [9.17, 15) is 9.90 Å². The molecule has 1 aliphatic rings. The van der Waals surface area contributed by atoms with Crippen LogP contribution in [0.4, 0.5) is 5.69 Å². The van der Waals surface area contributed by atoms with Gasteiger partial charge >= 0.3 is 0 Å². The Balaban J connectivity index is 1.54. The number of nitrogens with zero attached hydrogens (tertiary/aromatic N) is 2. The van der Waals surface area contributed by atoms with Crippen LogP contribution in [0.15, 0.2) is 85.7 Å². The van der Waals surface area contributed by atoms with E-state index in [1.165, 1.54) is 6.20 Å². The minimum absolute atomic E-state index is 0.00404. The number of carbonyl (C=O) groups is 1. The Hall–Kier alpha value is -3.36. The third kappa shape index (κ3) is 6.61. The summed E-state index contributed by atoms with van der Waals surface area (Å²) in [5, 5.41) is 12.3. The van der Waals surface area contributed by atoms with Gasteiger partial charge < -0.3 is 24.8 Å². The summed E-state index contributed by atoms with van der Waals surface area (Å²) in [6, 6.07) is 18.8. The van der Waals surface area contributed by atoms with Crippen molar-refractivity contribution in [2.75, 3.05) is 25.5 Å². The smallest absolute Gasteiger partial charge is 0.257 e. The molecule has 182 valence electrons. The number of aliphatic hydroxyl groups is 1. The van der Waals surface area contributed by atoms with Gasteiger partial charge in [0.15, 0.2) is 6.29 Å². The Morgan fingerprint density at radius 1 is 1.17 bits per heavy atom. The Bertz CT molecular complexity index is 1120. The van der Waals surface area contributed by atoms with Crippen LogP contribution in [0.2, 0.25) is 0 Å². The molecule has 1 aliphatic heterocycles. The third-order valence-electron chi connectivity index (χ3n) is 5.91. The van der Waals surface area contributed by atoms with E-state index in [2.05, 4.69) is 21.8 Å². The second-order valence-electron chi connectivity index (χ2n) is 8.68. The number of likely N-dealkylation sites (N-methyl/N-ethyl adjacent to an activating group) is 1. The van der Waals surface area contributed by atoms with Gasteiger partial charge in [-0.25, -0.2) is 0 Å². The molecule has 0 spiro atoms. The molecule has 0 aliphatic carbocycles. The normalized spacial score (nSPS) is 19.9. The molecule has 1 saturated heterocycles. The number of pyridine rings is 1. The molecule has 7 nitrogen and oxygen atoms in total. The van der Waals surface area contributed by atoms with Crippen LogP contribution in [0, 0.1) is 0 Å². The van der Waals surface area contributed by atoms with E-state index in [-0.39, 0.29) is 24.7 Å². The summed E-state index contributed by atoms with van der Waals surface area (Å²) in [6.07, 6.45) is 4.91. The molecule has 1 aromatic heterocycles. The van der Waals surface area contributed by atoms with Crippen molar-refractivity contribution in [3.8, 4) is 0 Å². The molecule has 4 rings (SSSR count). The van der Waals surface area contributed by atoms with Gasteiger partial charge in [-0.3, -0.25) is 9.78 Å². The standard InChI is InChI=1S/C28H31N3O4/c1-3-14-31(2)18-25-16-26(21-11-9-20(19-32)10-12-21)35-28(34-25)22-6-4-8-24(15-22)30-27(33)23-7-5-13-29-17-23/h3-13,15,17,25-26,28,32H,1,14,16,18-19H2,2H3,(H,30,33)/t25-,26+,28+/m0/s1. The van der Waals surface area contributed by atoms with Gasteiger partial charge in [-0.2, -0.15) is 0 Å². The monoisotopic (exact) mass is 473 g/mol. The van der Waals surface area contributed by atoms with Gasteiger partial charge in [0.1, 0.15) is 0 Å². The molecule has 35 heavy (non-hydrogen) atoms. The largest absolute Gasteiger partial charge is 0.392 e. The molecular weight excluding hydrogens is 442 g/mol. The Labute approximate surface area is 206 Å². The quantitative estimate of drug-likeness (QED) is 0.446. The summed E-state index contributed by atoms with van der Waals surface area (Å²) in [4.78, 5) is 18.8. The fourth-order valence-corrected chi connectivity index (χ4v) is 4.14. The maximum Gasteiger partial charge on any atom is 0.257 e. The van der Waals surface area contributed by atoms with Crippen LogP contribution in [0.3, 0.4) is 0 Å². The highest BCUT2D eigenvalue weighted by atomic mass is 16.7. The van der Waals surface area contributed by atoms with E-state index in [4.69, 9.17) is 9.47 Å². The topological polar surface area (TPSA) is 83.9 Å². The maximum atomic E-state index is 12.6. The van der Waals surface area contributed by atoms with Crippen molar-refractivity contribution in [3.63, 3.8) is 0 Å². The first-order valence-corrected chi connectivity index (χ1v) is 11.7. The minimum Gasteiger partial charge on any atom is -0.392 e. The van der Waals surface area contributed by atoms with Crippen molar-refractivity contribution in [2.24, 2.45) is 0 Å². The SMILES string of the molecule is C=CCN(C)C[C@@H]1C[C@H](c2ccc(CO)cc2)O[C@H](c2cccc(NC(=O)c3cccnc3)c2)O1. The van der Waals surface area contributed by atoms with Crippen LogP contribution in [0.1, 0.15) is 45.9 Å². The highest BCUT2D eigenvalue weighted by Crippen LogP contribution is 2.38. The Morgan fingerprint density at radius 2 is 2.00 bits per heavy atom. The van der Waals surface area contributed by atoms with Crippen molar-refractivity contribution in [3.05, 3.63) is 108 Å². The zero-order valence-corrected chi connectivity index (χ0v) is 19.8. The average Bonchev–Trinajstić information content (AvgIpc) is 2.89. The van der Waals surface area contributed by atoms with E-state index in [0.717, 1.165) is 29.8 Å². The minimum atomic E-state index is -0.594. The summed E-state index contributed by atoms with van der Waals surface area (Å²) in [5.74, 6) is -0.230. The summed E-state index contributed by atoms with van der Waals surface area (Å²) in [7, 11) is 2.04. The molecule has 0 radical (unpaired) electrons. The number of nitrogens with one attached hydrogen (secondary N) is 1. The molecule has 0 bridgehead atoms. The first kappa shape index (κ1) is 24.8. The van der Waals surface area contributed by atoms with E-state index in [1.54, 1.807) is 18.3 Å². The lowest BCUT2D eigenvalue weighted by Crippen LogP contribution is -2.37. The molecule has 7 heteroatoms. The summed E-state index contributed by atoms with van der Waals surface area (Å²) < 4.78 is 12.8. The molecule has 3 atom stereocenters. The molecular formula is C28H31N3O4.